The summed E-state index contributed by atoms with van der Waals surface area (Å²) < 4.78 is 0. The van der Waals surface area contributed by atoms with Crippen molar-refractivity contribution < 1.29 is 4.79 Å². The van der Waals surface area contributed by atoms with Crippen LogP contribution in [0.3, 0.4) is 0 Å². The fourth-order valence-corrected chi connectivity index (χ4v) is 4.77. The number of carbonyl (C=O) groups is 1. The molecule has 98 valence electrons. The maximum absolute atomic E-state index is 12.2. The van der Waals surface area contributed by atoms with Crippen molar-refractivity contribution in [2.24, 2.45) is 0 Å². The third-order valence-corrected chi connectivity index (χ3v) is 5.73. The second-order valence-electron chi connectivity index (χ2n) is 4.88. The van der Waals surface area contributed by atoms with E-state index >= 15 is 0 Å². The Bertz CT molecular complexity index is 415. The van der Waals surface area contributed by atoms with Crippen LogP contribution in [0.4, 0.5) is 0 Å². The minimum absolute atomic E-state index is 0.119. The van der Waals surface area contributed by atoms with Crippen LogP contribution in [0, 0.1) is 0 Å². The monoisotopic (exact) mass is 282 g/mol. The van der Waals surface area contributed by atoms with Gasteiger partial charge in [0.05, 0.1) is 4.88 Å². The Morgan fingerprint density at radius 2 is 2.44 bits per heavy atom. The van der Waals surface area contributed by atoms with Crippen LogP contribution in [0.15, 0.2) is 6.07 Å². The molecule has 1 aromatic heterocycles. The molecule has 1 fully saturated rings. The molecule has 1 amide bonds. The molecule has 0 bridgehead atoms. The smallest absolute Gasteiger partial charge is 0.261 e. The Hall–Kier alpha value is -0.520. The molecule has 5 heteroatoms. The van der Waals surface area contributed by atoms with Gasteiger partial charge in [-0.05, 0) is 43.2 Å². The standard InChI is InChI=1S/C13H18N2OS2/c16-13(15-10-2-1-4-14-7-10)12-6-9-8-17-5-3-11(9)18-12/h6,10,14H,1-5,7-8H2,(H,15,16)/t10-/m0/s1. The first-order valence-electron chi connectivity index (χ1n) is 6.54. The van der Waals surface area contributed by atoms with Gasteiger partial charge in [-0.15, -0.1) is 11.3 Å². The second kappa shape index (κ2) is 5.63. The van der Waals surface area contributed by atoms with Crippen LogP contribution in [0.5, 0.6) is 0 Å². The van der Waals surface area contributed by atoms with Crippen LogP contribution in [-0.2, 0) is 12.2 Å². The predicted octanol–water partition coefficient (Wildman–Crippen LogP) is 2.02. The number of rotatable bonds is 2. The van der Waals surface area contributed by atoms with Gasteiger partial charge in [0.25, 0.3) is 5.91 Å². The summed E-state index contributed by atoms with van der Waals surface area (Å²) in [5, 5.41) is 6.47. The number of hydrogen-bond acceptors (Lipinski definition) is 4. The maximum Gasteiger partial charge on any atom is 0.261 e. The number of carbonyl (C=O) groups excluding carboxylic acids is 1. The molecule has 2 aliphatic heterocycles. The minimum atomic E-state index is 0.119. The van der Waals surface area contributed by atoms with Crippen molar-refractivity contribution in [1.82, 2.24) is 10.6 Å². The van der Waals surface area contributed by atoms with Gasteiger partial charge < -0.3 is 10.6 Å². The lowest BCUT2D eigenvalue weighted by Gasteiger charge is -2.23. The van der Waals surface area contributed by atoms with E-state index < -0.39 is 0 Å². The third-order valence-electron chi connectivity index (χ3n) is 3.48. The van der Waals surface area contributed by atoms with Crippen LogP contribution in [0.1, 0.15) is 33.0 Å². The highest BCUT2D eigenvalue weighted by Crippen LogP contribution is 2.31. The fourth-order valence-electron chi connectivity index (χ4n) is 2.49. The Morgan fingerprint density at radius 3 is 3.22 bits per heavy atom. The summed E-state index contributed by atoms with van der Waals surface area (Å²) in [4.78, 5) is 14.5. The average Bonchev–Trinajstić information content (AvgIpc) is 2.84. The molecule has 0 aromatic carbocycles. The van der Waals surface area contributed by atoms with E-state index in [2.05, 4.69) is 16.7 Å². The van der Waals surface area contributed by atoms with Gasteiger partial charge in [-0.2, -0.15) is 11.8 Å². The molecule has 0 saturated carbocycles. The van der Waals surface area contributed by atoms with E-state index in [1.165, 1.54) is 16.2 Å². The number of amides is 1. The molecule has 1 saturated heterocycles. The molecule has 2 N–H and O–H groups in total. The number of thiophene rings is 1. The van der Waals surface area contributed by atoms with Gasteiger partial charge in [0, 0.05) is 23.2 Å². The molecule has 2 aliphatic rings. The van der Waals surface area contributed by atoms with E-state index in [-0.39, 0.29) is 5.91 Å². The van der Waals surface area contributed by atoms with Crippen molar-refractivity contribution in [2.75, 3.05) is 18.8 Å². The summed E-state index contributed by atoms with van der Waals surface area (Å²) in [5.41, 5.74) is 1.38. The number of aryl methyl sites for hydroxylation is 1. The first kappa shape index (κ1) is 12.5. The van der Waals surface area contributed by atoms with Gasteiger partial charge >= 0.3 is 0 Å². The molecule has 3 nitrogen and oxygen atoms in total. The summed E-state index contributed by atoms with van der Waals surface area (Å²) in [6.45, 7) is 1.99. The molecule has 0 radical (unpaired) electrons. The van der Waals surface area contributed by atoms with E-state index in [1.54, 1.807) is 11.3 Å². The summed E-state index contributed by atoms with van der Waals surface area (Å²) in [6, 6.07) is 2.40. The van der Waals surface area contributed by atoms with Crippen molar-refractivity contribution in [3.05, 3.63) is 21.4 Å². The van der Waals surface area contributed by atoms with Crippen molar-refractivity contribution in [3.8, 4) is 0 Å². The van der Waals surface area contributed by atoms with Crippen LogP contribution < -0.4 is 10.6 Å². The van der Waals surface area contributed by atoms with Crippen molar-refractivity contribution in [1.29, 1.82) is 0 Å². The quantitative estimate of drug-likeness (QED) is 0.872. The average molecular weight is 282 g/mol. The number of hydrogen-bond donors (Lipinski definition) is 2. The zero-order valence-electron chi connectivity index (χ0n) is 10.3. The summed E-state index contributed by atoms with van der Waals surface area (Å²) in [5.74, 6) is 2.39. The van der Waals surface area contributed by atoms with Gasteiger partial charge in [-0.25, -0.2) is 0 Å². The van der Waals surface area contributed by atoms with Gasteiger partial charge in [0.1, 0.15) is 0 Å². The third kappa shape index (κ3) is 2.73. The second-order valence-corrected chi connectivity index (χ2v) is 7.12. The first-order valence-corrected chi connectivity index (χ1v) is 8.51. The lowest BCUT2D eigenvalue weighted by Crippen LogP contribution is -2.45. The molecule has 18 heavy (non-hydrogen) atoms. The maximum atomic E-state index is 12.2. The predicted molar refractivity (Wildman–Crippen MR) is 77.5 cm³/mol. The van der Waals surface area contributed by atoms with Crippen molar-refractivity contribution in [2.45, 2.75) is 31.1 Å². The molecule has 0 aliphatic carbocycles. The number of nitrogens with one attached hydrogen (secondary N) is 2. The van der Waals surface area contributed by atoms with E-state index in [0.717, 1.165) is 43.0 Å². The number of fused-ring (bicyclic) bond motifs is 1. The lowest BCUT2D eigenvalue weighted by molar-refractivity contribution is 0.0935. The normalized spacial score (nSPS) is 23.4. The van der Waals surface area contributed by atoms with Crippen LogP contribution in [-0.4, -0.2) is 30.8 Å². The highest BCUT2D eigenvalue weighted by Gasteiger charge is 2.20. The van der Waals surface area contributed by atoms with Crippen LogP contribution in [0.2, 0.25) is 0 Å². The SMILES string of the molecule is O=C(N[C@H]1CCCNC1)c1cc2c(s1)CCSC2. The molecule has 1 atom stereocenters. The molecule has 3 rings (SSSR count). The van der Waals surface area contributed by atoms with Gasteiger partial charge in [0.2, 0.25) is 0 Å². The first-order chi connectivity index (χ1) is 8.83. The van der Waals surface area contributed by atoms with Crippen LogP contribution >= 0.6 is 23.1 Å². The molecular weight excluding hydrogens is 264 g/mol. The zero-order chi connectivity index (χ0) is 12.4. The molecule has 1 aromatic rings. The number of piperidine rings is 1. The molecule has 0 unspecified atom stereocenters. The Kier molecular flexibility index (Phi) is 3.91. The highest BCUT2D eigenvalue weighted by atomic mass is 32.2. The van der Waals surface area contributed by atoms with Crippen molar-refractivity contribution >= 4 is 29.0 Å². The topological polar surface area (TPSA) is 41.1 Å². The highest BCUT2D eigenvalue weighted by molar-refractivity contribution is 7.98. The van der Waals surface area contributed by atoms with E-state index in [9.17, 15) is 4.79 Å². The van der Waals surface area contributed by atoms with Gasteiger partial charge in [-0.3, -0.25) is 4.79 Å². The summed E-state index contributed by atoms with van der Waals surface area (Å²) in [6.07, 6.45) is 3.38. The minimum Gasteiger partial charge on any atom is -0.347 e. The van der Waals surface area contributed by atoms with E-state index in [1.807, 2.05) is 11.8 Å². The van der Waals surface area contributed by atoms with Gasteiger partial charge in [-0.1, -0.05) is 0 Å². The summed E-state index contributed by atoms with van der Waals surface area (Å²) in [7, 11) is 0. The lowest BCUT2D eigenvalue weighted by atomic mass is 10.1. The largest absolute Gasteiger partial charge is 0.347 e. The number of thioether (sulfide) groups is 1. The van der Waals surface area contributed by atoms with E-state index in [0.29, 0.717) is 6.04 Å². The fraction of sp³-hybridized carbons (Fsp3) is 0.615. The Labute approximate surface area is 116 Å². The van der Waals surface area contributed by atoms with Crippen molar-refractivity contribution in [3.63, 3.8) is 0 Å². The molecule has 3 heterocycles. The van der Waals surface area contributed by atoms with Crippen LogP contribution in [0.25, 0.3) is 0 Å². The van der Waals surface area contributed by atoms with Gasteiger partial charge in [0.15, 0.2) is 0 Å². The van der Waals surface area contributed by atoms with E-state index in [4.69, 9.17) is 0 Å². The Morgan fingerprint density at radius 1 is 1.50 bits per heavy atom. The molecular formula is C13H18N2OS2. The summed E-state index contributed by atoms with van der Waals surface area (Å²) >= 11 is 3.65. The zero-order valence-corrected chi connectivity index (χ0v) is 12.0. The Balaban J connectivity index is 1.66. The molecule has 0 spiro atoms.